The lowest BCUT2D eigenvalue weighted by Crippen LogP contribution is -2.43. The highest BCUT2D eigenvalue weighted by Gasteiger charge is 2.09. The maximum atomic E-state index is 11.2. The maximum Gasteiger partial charge on any atom is 0.191 e. The number of hydrogen-bond acceptors (Lipinski definition) is 4. The average molecular weight is 506 g/mol. The molecule has 0 bridgehead atoms. The summed E-state index contributed by atoms with van der Waals surface area (Å²) in [7, 11) is -1.23. The minimum Gasteiger partial charge on any atom is -0.356 e. The summed E-state index contributed by atoms with van der Waals surface area (Å²) in [5, 5.41) is 7.15. The van der Waals surface area contributed by atoms with Gasteiger partial charge in [-0.2, -0.15) is 0 Å². The third-order valence-electron chi connectivity index (χ3n) is 3.01. The Kier molecular flexibility index (Phi) is 12.1. The van der Waals surface area contributed by atoms with Crippen LogP contribution in [0.2, 0.25) is 5.02 Å². The van der Waals surface area contributed by atoms with Gasteiger partial charge in [0.05, 0.1) is 5.75 Å². The van der Waals surface area contributed by atoms with Gasteiger partial charge in [0.1, 0.15) is 9.84 Å². The van der Waals surface area contributed by atoms with Crippen molar-refractivity contribution in [2.45, 2.75) is 24.3 Å². The standard InChI is InChI=1S/C15H24ClN3O2S2.HI/c1-12(8-11-23(3,20)21)19-15(17-2)18-9-10-22-14-6-4-13(16)5-7-14;/h4-7,12H,8-11H2,1-3H3,(H2,17,18,19);1H. The molecule has 1 atom stereocenters. The summed E-state index contributed by atoms with van der Waals surface area (Å²) in [5.41, 5.74) is 0. The molecule has 24 heavy (non-hydrogen) atoms. The molecule has 0 amide bonds. The lowest BCUT2D eigenvalue weighted by molar-refractivity contribution is 0.582. The molecule has 1 unspecified atom stereocenters. The van der Waals surface area contributed by atoms with Crippen molar-refractivity contribution in [2.75, 3.05) is 31.4 Å². The number of hydrogen-bond donors (Lipinski definition) is 2. The Balaban J connectivity index is 0.00000529. The van der Waals surface area contributed by atoms with Gasteiger partial charge in [0, 0.05) is 41.6 Å². The van der Waals surface area contributed by atoms with Gasteiger partial charge < -0.3 is 10.6 Å². The molecule has 1 aromatic rings. The van der Waals surface area contributed by atoms with Crippen LogP contribution in [0.5, 0.6) is 0 Å². The average Bonchev–Trinajstić information content (AvgIpc) is 2.49. The number of rotatable bonds is 8. The number of benzene rings is 1. The van der Waals surface area contributed by atoms with E-state index in [0.717, 1.165) is 17.3 Å². The highest BCUT2D eigenvalue weighted by atomic mass is 127. The Labute approximate surface area is 171 Å². The van der Waals surface area contributed by atoms with E-state index in [1.54, 1.807) is 18.8 Å². The predicted octanol–water partition coefficient (Wildman–Crippen LogP) is 3.04. The van der Waals surface area contributed by atoms with Crippen molar-refractivity contribution >= 4 is 63.1 Å². The van der Waals surface area contributed by atoms with Crippen LogP contribution in [-0.4, -0.2) is 51.8 Å². The molecule has 0 saturated carbocycles. The first-order valence-electron chi connectivity index (χ1n) is 7.33. The lowest BCUT2D eigenvalue weighted by atomic mass is 10.3. The van der Waals surface area contributed by atoms with Crippen LogP contribution in [0.15, 0.2) is 34.2 Å². The molecular formula is C15H25ClIN3O2S2. The van der Waals surface area contributed by atoms with E-state index in [4.69, 9.17) is 11.6 Å². The quantitative estimate of drug-likeness (QED) is 0.187. The molecule has 0 radical (unpaired) electrons. The van der Waals surface area contributed by atoms with Crippen LogP contribution >= 0.6 is 47.3 Å². The van der Waals surface area contributed by atoms with Gasteiger partial charge >= 0.3 is 0 Å². The summed E-state index contributed by atoms with van der Waals surface area (Å²) >= 11 is 7.58. The number of thioether (sulfide) groups is 1. The SMILES string of the molecule is CN=C(NCCSc1ccc(Cl)cc1)NC(C)CCS(C)(=O)=O.I. The molecule has 0 aliphatic carbocycles. The minimum atomic E-state index is -2.93. The molecule has 0 aromatic heterocycles. The fourth-order valence-corrected chi connectivity index (χ4v) is 3.44. The fourth-order valence-electron chi connectivity index (χ4n) is 1.76. The van der Waals surface area contributed by atoms with Gasteiger partial charge in [-0.15, -0.1) is 35.7 Å². The molecule has 1 aromatic carbocycles. The zero-order valence-corrected chi connectivity index (χ0v) is 18.8. The minimum absolute atomic E-state index is 0. The summed E-state index contributed by atoms with van der Waals surface area (Å²) in [6, 6.07) is 7.78. The molecular weight excluding hydrogens is 481 g/mol. The summed E-state index contributed by atoms with van der Waals surface area (Å²) in [4.78, 5) is 5.31. The monoisotopic (exact) mass is 505 g/mol. The van der Waals surface area contributed by atoms with Crippen LogP contribution in [0.1, 0.15) is 13.3 Å². The van der Waals surface area contributed by atoms with Gasteiger partial charge in [0.15, 0.2) is 5.96 Å². The largest absolute Gasteiger partial charge is 0.356 e. The Bertz CT molecular complexity index is 610. The number of nitrogens with zero attached hydrogens (tertiary/aromatic N) is 1. The van der Waals surface area contributed by atoms with Crippen LogP contribution < -0.4 is 10.6 Å². The van der Waals surface area contributed by atoms with E-state index in [0.29, 0.717) is 12.4 Å². The lowest BCUT2D eigenvalue weighted by Gasteiger charge is -2.17. The van der Waals surface area contributed by atoms with Crippen molar-refractivity contribution < 1.29 is 8.42 Å². The molecule has 0 fully saturated rings. The van der Waals surface area contributed by atoms with Gasteiger partial charge in [-0.3, -0.25) is 4.99 Å². The summed E-state index contributed by atoms with van der Waals surface area (Å²) in [5.74, 6) is 1.74. The van der Waals surface area contributed by atoms with E-state index >= 15 is 0 Å². The highest BCUT2D eigenvalue weighted by Crippen LogP contribution is 2.19. The Morgan fingerprint density at radius 2 is 1.96 bits per heavy atom. The second-order valence-electron chi connectivity index (χ2n) is 5.27. The van der Waals surface area contributed by atoms with Crippen LogP contribution in [0.4, 0.5) is 0 Å². The molecule has 5 nitrogen and oxygen atoms in total. The van der Waals surface area contributed by atoms with E-state index in [1.165, 1.54) is 11.2 Å². The first kappa shape index (κ1) is 23.8. The molecule has 138 valence electrons. The molecule has 0 saturated heterocycles. The van der Waals surface area contributed by atoms with E-state index in [1.807, 2.05) is 31.2 Å². The molecule has 1 rings (SSSR count). The number of sulfone groups is 1. The Morgan fingerprint density at radius 3 is 2.50 bits per heavy atom. The highest BCUT2D eigenvalue weighted by molar-refractivity contribution is 14.0. The zero-order chi connectivity index (χ0) is 17.3. The molecule has 2 N–H and O–H groups in total. The van der Waals surface area contributed by atoms with Gasteiger partial charge in [-0.1, -0.05) is 11.6 Å². The summed E-state index contributed by atoms with van der Waals surface area (Å²) in [6.07, 6.45) is 1.81. The van der Waals surface area contributed by atoms with Crippen molar-refractivity contribution in [2.24, 2.45) is 4.99 Å². The first-order chi connectivity index (χ1) is 10.8. The van der Waals surface area contributed by atoms with Gasteiger partial charge in [0.25, 0.3) is 0 Å². The van der Waals surface area contributed by atoms with Crippen LogP contribution in [0.3, 0.4) is 0 Å². The van der Waals surface area contributed by atoms with Gasteiger partial charge in [-0.25, -0.2) is 8.42 Å². The van der Waals surface area contributed by atoms with Gasteiger partial charge in [-0.05, 0) is 37.6 Å². The second kappa shape index (κ2) is 12.2. The normalized spacial score (nSPS) is 13.1. The number of guanidine groups is 1. The van der Waals surface area contributed by atoms with E-state index in [9.17, 15) is 8.42 Å². The molecule has 0 heterocycles. The van der Waals surface area contributed by atoms with Crippen molar-refractivity contribution in [1.82, 2.24) is 10.6 Å². The second-order valence-corrected chi connectivity index (χ2v) is 9.13. The van der Waals surface area contributed by atoms with Crippen LogP contribution in [0, 0.1) is 0 Å². The maximum absolute atomic E-state index is 11.2. The first-order valence-corrected chi connectivity index (χ1v) is 10.8. The van der Waals surface area contributed by atoms with Gasteiger partial charge in [0.2, 0.25) is 0 Å². The summed E-state index contributed by atoms with van der Waals surface area (Å²) in [6.45, 7) is 2.70. The van der Waals surface area contributed by atoms with E-state index in [-0.39, 0.29) is 35.8 Å². The number of aliphatic imine (C=N–C) groups is 1. The topological polar surface area (TPSA) is 70.6 Å². The summed E-state index contributed by atoms with van der Waals surface area (Å²) < 4.78 is 22.3. The third-order valence-corrected chi connectivity index (χ3v) is 5.25. The van der Waals surface area contributed by atoms with Crippen LogP contribution in [-0.2, 0) is 9.84 Å². The van der Waals surface area contributed by atoms with Crippen molar-refractivity contribution in [3.63, 3.8) is 0 Å². The third kappa shape index (κ3) is 11.4. The Hall–Kier alpha value is -0.190. The van der Waals surface area contributed by atoms with E-state index < -0.39 is 9.84 Å². The number of nitrogens with one attached hydrogen (secondary N) is 2. The zero-order valence-electron chi connectivity index (χ0n) is 14.1. The van der Waals surface area contributed by atoms with Crippen LogP contribution in [0.25, 0.3) is 0 Å². The van der Waals surface area contributed by atoms with E-state index in [2.05, 4.69) is 15.6 Å². The molecule has 9 heteroatoms. The predicted molar refractivity (Wildman–Crippen MR) is 116 cm³/mol. The smallest absolute Gasteiger partial charge is 0.191 e. The van der Waals surface area contributed by atoms with Crippen molar-refractivity contribution in [3.05, 3.63) is 29.3 Å². The number of halogens is 2. The van der Waals surface area contributed by atoms with Crippen molar-refractivity contribution in [1.29, 1.82) is 0 Å². The molecule has 0 aliphatic rings. The van der Waals surface area contributed by atoms with Crippen molar-refractivity contribution in [3.8, 4) is 0 Å². The molecule has 0 spiro atoms. The molecule has 0 aliphatic heterocycles. The fraction of sp³-hybridized carbons (Fsp3) is 0.533. The Morgan fingerprint density at radius 1 is 1.33 bits per heavy atom.